The first kappa shape index (κ1) is 10.5. The summed E-state index contributed by atoms with van der Waals surface area (Å²) in [6.45, 7) is 0. The Bertz CT molecular complexity index is 348. The van der Waals surface area contributed by atoms with Crippen molar-refractivity contribution in [2.24, 2.45) is 0 Å². The van der Waals surface area contributed by atoms with Crippen LogP contribution in [-0.2, 0) is 0 Å². The van der Waals surface area contributed by atoms with Gasteiger partial charge in [-0.25, -0.2) is 4.98 Å². The Morgan fingerprint density at radius 2 is 2.25 bits per heavy atom. The van der Waals surface area contributed by atoms with Gasteiger partial charge in [0, 0.05) is 0 Å². The number of nitro groups is 1. The van der Waals surface area contributed by atoms with Gasteiger partial charge in [0.25, 0.3) is 0 Å². The Balaban J connectivity index is 0.00000121. The van der Waals surface area contributed by atoms with Crippen molar-refractivity contribution < 1.29 is 10.4 Å². The standard InChI is InChI=1S/C4H2ClN3O3.H2O/c5-4-6-1-2(8(10)11)3(9)7-4;/h1H,(H,6,7,9);1H2. The van der Waals surface area contributed by atoms with Gasteiger partial charge in [-0.1, -0.05) is 0 Å². The Kier molecular flexibility index (Phi) is 3.32. The molecule has 7 nitrogen and oxygen atoms in total. The lowest BCUT2D eigenvalue weighted by Gasteiger charge is -1.88. The minimum atomic E-state index is -0.852. The van der Waals surface area contributed by atoms with Gasteiger partial charge >= 0.3 is 11.2 Å². The summed E-state index contributed by atoms with van der Waals surface area (Å²) in [5, 5.41) is 9.87. The SMILES string of the molecule is O.O=c1[nH]c(Cl)ncc1[N+](=O)[O-]. The zero-order chi connectivity index (χ0) is 8.43. The molecule has 0 aliphatic rings. The van der Waals surface area contributed by atoms with Crippen LogP contribution in [0.2, 0.25) is 5.28 Å². The van der Waals surface area contributed by atoms with Crippen molar-refractivity contribution in [3.63, 3.8) is 0 Å². The molecule has 0 radical (unpaired) electrons. The summed E-state index contributed by atoms with van der Waals surface area (Å²) in [5.41, 5.74) is -1.47. The van der Waals surface area contributed by atoms with Crippen LogP contribution in [0.5, 0.6) is 0 Å². The smallest absolute Gasteiger partial charge is 0.352 e. The molecule has 1 aromatic rings. The maximum atomic E-state index is 10.7. The van der Waals surface area contributed by atoms with Crippen LogP contribution < -0.4 is 5.56 Å². The van der Waals surface area contributed by atoms with Gasteiger partial charge in [-0.15, -0.1) is 0 Å². The average Bonchev–Trinajstić information content (AvgIpc) is 1.85. The summed E-state index contributed by atoms with van der Waals surface area (Å²) in [5.74, 6) is 0. The molecule has 0 saturated heterocycles. The minimum Gasteiger partial charge on any atom is -0.412 e. The van der Waals surface area contributed by atoms with Gasteiger partial charge in [-0.05, 0) is 11.6 Å². The number of rotatable bonds is 1. The topological polar surface area (TPSA) is 120 Å². The lowest BCUT2D eigenvalue weighted by Crippen LogP contribution is -2.11. The molecule has 1 rings (SSSR count). The highest BCUT2D eigenvalue weighted by Gasteiger charge is 2.11. The first-order valence-electron chi connectivity index (χ1n) is 2.50. The van der Waals surface area contributed by atoms with Gasteiger partial charge in [-0.3, -0.25) is 19.9 Å². The van der Waals surface area contributed by atoms with E-state index in [-0.39, 0.29) is 10.8 Å². The average molecular weight is 194 g/mol. The van der Waals surface area contributed by atoms with E-state index < -0.39 is 16.2 Å². The Morgan fingerprint density at radius 3 is 2.67 bits per heavy atom. The molecule has 0 aliphatic heterocycles. The predicted molar refractivity (Wildman–Crippen MR) is 40.1 cm³/mol. The molecule has 1 heterocycles. The quantitative estimate of drug-likeness (QED) is 0.367. The molecule has 0 saturated carbocycles. The molecule has 0 amide bonds. The molecule has 0 spiro atoms. The summed E-state index contributed by atoms with van der Waals surface area (Å²) in [7, 11) is 0. The third-order valence-corrected chi connectivity index (χ3v) is 1.14. The monoisotopic (exact) mass is 193 g/mol. The number of aromatic nitrogens is 2. The molecule has 8 heteroatoms. The van der Waals surface area contributed by atoms with Gasteiger partial charge < -0.3 is 5.48 Å². The first-order chi connectivity index (χ1) is 5.11. The van der Waals surface area contributed by atoms with Crippen LogP contribution in [0.3, 0.4) is 0 Å². The minimum absolute atomic E-state index is 0. The molecule has 0 unspecified atom stereocenters. The fourth-order valence-corrected chi connectivity index (χ4v) is 0.631. The van der Waals surface area contributed by atoms with Crippen LogP contribution in [0.25, 0.3) is 0 Å². The second-order valence-electron chi connectivity index (χ2n) is 1.65. The van der Waals surface area contributed by atoms with E-state index in [0.29, 0.717) is 0 Å². The van der Waals surface area contributed by atoms with Gasteiger partial charge in [0.2, 0.25) is 5.28 Å². The molecule has 12 heavy (non-hydrogen) atoms. The molecule has 0 aromatic carbocycles. The van der Waals surface area contributed by atoms with Crippen molar-refractivity contribution in [1.82, 2.24) is 9.97 Å². The van der Waals surface area contributed by atoms with E-state index in [1.165, 1.54) is 0 Å². The predicted octanol–water partition coefficient (Wildman–Crippen LogP) is -0.493. The Hall–Kier alpha value is -1.47. The number of H-pyrrole nitrogens is 1. The van der Waals surface area contributed by atoms with Gasteiger partial charge in [-0.2, -0.15) is 0 Å². The van der Waals surface area contributed by atoms with Crippen LogP contribution >= 0.6 is 11.6 Å². The zero-order valence-corrected chi connectivity index (χ0v) is 6.33. The third-order valence-electron chi connectivity index (χ3n) is 0.946. The summed E-state index contributed by atoms with van der Waals surface area (Å²) in [6.07, 6.45) is 0.807. The fourth-order valence-electron chi connectivity index (χ4n) is 0.496. The Morgan fingerprint density at radius 1 is 1.67 bits per heavy atom. The van der Waals surface area contributed by atoms with Crippen molar-refractivity contribution >= 4 is 17.3 Å². The number of nitrogens with zero attached hydrogens (tertiary/aromatic N) is 2. The second kappa shape index (κ2) is 3.79. The van der Waals surface area contributed by atoms with Crippen LogP contribution in [-0.4, -0.2) is 20.4 Å². The molecule has 1 aromatic heterocycles. The summed E-state index contributed by atoms with van der Waals surface area (Å²) in [4.78, 5) is 25.2. The molecule has 0 fully saturated rings. The number of nitrogens with one attached hydrogen (secondary N) is 1. The van der Waals surface area contributed by atoms with Crippen molar-refractivity contribution in [2.45, 2.75) is 0 Å². The highest BCUT2D eigenvalue weighted by molar-refractivity contribution is 6.28. The van der Waals surface area contributed by atoms with Crippen LogP contribution in [0, 0.1) is 10.1 Å². The van der Waals surface area contributed by atoms with E-state index in [9.17, 15) is 14.9 Å². The lowest BCUT2D eigenvalue weighted by molar-refractivity contribution is -0.386. The molecule has 3 N–H and O–H groups in total. The molecule has 0 bridgehead atoms. The highest BCUT2D eigenvalue weighted by Crippen LogP contribution is 2.01. The molecule has 0 atom stereocenters. The molecular weight excluding hydrogens is 190 g/mol. The zero-order valence-electron chi connectivity index (χ0n) is 5.57. The summed E-state index contributed by atoms with van der Waals surface area (Å²) < 4.78 is 0. The molecular formula is C4H4ClN3O4. The maximum absolute atomic E-state index is 10.7. The van der Waals surface area contributed by atoms with Gasteiger partial charge in [0.1, 0.15) is 6.20 Å². The van der Waals surface area contributed by atoms with E-state index >= 15 is 0 Å². The van der Waals surface area contributed by atoms with Gasteiger partial charge in [0.05, 0.1) is 4.92 Å². The number of aromatic amines is 1. The van der Waals surface area contributed by atoms with E-state index in [1.54, 1.807) is 0 Å². The first-order valence-corrected chi connectivity index (χ1v) is 2.88. The number of hydrogen-bond donors (Lipinski definition) is 1. The van der Waals surface area contributed by atoms with Crippen molar-refractivity contribution in [2.75, 3.05) is 0 Å². The molecule has 66 valence electrons. The third kappa shape index (κ3) is 2.01. The van der Waals surface area contributed by atoms with Crippen LogP contribution in [0.1, 0.15) is 0 Å². The van der Waals surface area contributed by atoms with E-state index in [0.717, 1.165) is 6.20 Å². The normalized spacial score (nSPS) is 8.75. The lowest BCUT2D eigenvalue weighted by atomic mass is 10.5. The number of hydrogen-bond acceptors (Lipinski definition) is 4. The summed E-state index contributed by atoms with van der Waals surface area (Å²) in [6, 6.07) is 0. The van der Waals surface area contributed by atoms with E-state index in [2.05, 4.69) is 4.98 Å². The van der Waals surface area contributed by atoms with E-state index in [1.807, 2.05) is 4.98 Å². The number of halogens is 1. The molecule has 0 aliphatic carbocycles. The Labute approximate surface area is 70.5 Å². The van der Waals surface area contributed by atoms with E-state index in [4.69, 9.17) is 11.6 Å². The van der Waals surface area contributed by atoms with Crippen LogP contribution in [0.15, 0.2) is 11.0 Å². The fraction of sp³-hybridized carbons (Fsp3) is 0. The second-order valence-corrected chi connectivity index (χ2v) is 2.00. The summed E-state index contributed by atoms with van der Waals surface area (Å²) >= 11 is 5.23. The van der Waals surface area contributed by atoms with Crippen molar-refractivity contribution in [1.29, 1.82) is 0 Å². The highest BCUT2D eigenvalue weighted by atomic mass is 35.5. The van der Waals surface area contributed by atoms with Crippen molar-refractivity contribution in [3.05, 3.63) is 31.9 Å². The largest absolute Gasteiger partial charge is 0.412 e. The van der Waals surface area contributed by atoms with Crippen LogP contribution in [0.4, 0.5) is 5.69 Å². The van der Waals surface area contributed by atoms with Gasteiger partial charge in [0.15, 0.2) is 0 Å². The maximum Gasteiger partial charge on any atom is 0.352 e. The van der Waals surface area contributed by atoms with Crippen molar-refractivity contribution in [3.8, 4) is 0 Å².